The molecule has 35 heavy (non-hydrogen) atoms. The minimum Gasteiger partial charge on any atom is -0.489 e. The fraction of sp³-hybridized carbons (Fsp3) is 0.172. The summed E-state index contributed by atoms with van der Waals surface area (Å²) in [5, 5.41) is 23.8. The molecule has 0 atom stereocenters. The summed E-state index contributed by atoms with van der Waals surface area (Å²) in [5.41, 5.74) is 3.56. The van der Waals surface area contributed by atoms with Gasteiger partial charge in [-0.3, -0.25) is 9.59 Å². The Morgan fingerprint density at radius 3 is 2.40 bits per heavy atom. The van der Waals surface area contributed by atoms with E-state index >= 15 is 0 Å². The second kappa shape index (κ2) is 11.3. The van der Waals surface area contributed by atoms with Crippen LogP contribution in [0.2, 0.25) is 0 Å². The van der Waals surface area contributed by atoms with Gasteiger partial charge in [0.1, 0.15) is 12.4 Å². The van der Waals surface area contributed by atoms with Gasteiger partial charge in [0.25, 0.3) is 5.91 Å². The number of ether oxygens (including phenoxy) is 1. The molecule has 0 aliphatic carbocycles. The highest BCUT2D eigenvalue weighted by Gasteiger charge is 2.15. The molecule has 3 N–H and O–H groups in total. The van der Waals surface area contributed by atoms with E-state index in [9.17, 15) is 14.7 Å². The van der Waals surface area contributed by atoms with Crippen LogP contribution in [0.15, 0.2) is 84.9 Å². The zero-order valence-electron chi connectivity index (χ0n) is 19.2. The van der Waals surface area contributed by atoms with E-state index in [4.69, 9.17) is 9.84 Å². The Kier molecular flexibility index (Phi) is 7.75. The van der Waals surface area contributed by atoms with Gasteiger partial charge in [-0.2, -0.15) is 0 Å². The third kappa shape index (κ3) is 6.05. The van der Waals surface area contributed by atoms with Gasteiger partial charge in [0.05, 0.1) is 6.61 Å². The second-order valence-corrected chi connectivity index (χ2v) is 8.26. The number of carboxylic acids is 1. The van der Waals surface area contributed by atoms with Crippen molar-refractivity contribution < 1.29 is 24.5 Å². The number of para-hydroxylation sites is 1. The number of aryl methyl sites for hydroxylation is 1. The Balaban J connectivity index is 1.54. The van der Waals surface area contributed by atoms with E-state index < -0.39 is 5.97 Å². The summed E-state index contributed by atoms with van der Waals surface area (Å²) in [6, 6.07) is 26.6. The molecule has 6 heteroatoms. The number of hydrogen-bond acceptors (Lipinski definition) is 4. The van der Waals surface area contributed by atoms with Crippen molar-refractivity contribution in [1.82, 2.24) is 5.32 Å². The molecule has 0 bridgehead atoms. The summed E-state index contributed by atoms with van der Waals surface area (Å²) in [5.74, 6) is -0.608. The first kappa shape index (κ1) is 24.0. The second-order valence-electron chi connectivity index (χ2n) is 8.26. The fourth-order valence-electron chi connectivity index (χ4n) is 4.04. The maximum absolute atomic E-state index is 13.2. The summed E-state index contributed by atoms with van der Waals surface area (Å²) in [4.78, 5) is 24.3. The molecule has 178 valence electrons. The molecule has 4 aromatic carbocycles. The summed E-state index contributed by atoms with van der Waals surface area (Å²) in [6.45, 7) is 0.426. The summed E-state index contributed by atoms with van der Waals surface area (Å²) in [6.07, 6.45) is 0.185. The van der Waals surface area contributed by atoms with Crippen molar-refractivity contribution in [3.63, 3.8) is 0 Å². The van der Waals surface area contributed by atoms with Crippen molar-refractivity contribution in [2.45, 2.75) is 32.6 Å². The number of benzene rings is 4. The Morgan fingerprint density at radius 2 is 1.57 bits per heavy atom. The lowest BCUT2D eigenvalue weighted by atomic mass is 9.99. The van der Waals surface area contributed by atoms with Crippen molar-refractivity contribution in [2.24, 2.45) is 0 Å². The standard InChI is InChI=1S/C29H27NO5/c31-18-24-7-2-4-11-27(24)35-19-20-12-13-22(14-15-28(32)33)26(16-20)29(34)30-17-23-9-5-8-21-6-1-3-10-25(21)23/h1-13,16,31H,14-15,17-19H2,(H,30,34)(H,32,33). The van der Waals surface area contributed by atoms with Crippen LogP contribution in [0, 0.1) is 0 Å². The highest BCUT2D eigenvalue weighted by atomic mass is 16.5. The molecule has 4 aromatic rings. The lowest BCUT2D eigenvalue weighted by molar-refractivity contribution is -0.136. The highest BCUT2D eigenvalue weighted by molar-refractivity contribution is 5.96. The minimum absolute atomic E-state index is 0.0661. The van der Waals surface area contributed by atoms with Gasteiger partial charge in [0.15, 0.2) is 0 Å². The number of aliphatic hydroxyl groups is 1. The maximum atomic E-state index is 13.2. The van der Waals surface area contributed by atoms with E-state index in [1.54, 1.807) is 24.3 Å². The number of fused-ring (bicyclic) bond motifs is 1. The van der Waals surface area contributed by atoms with Crippen LogP contribution in [0.5, 0.6) is 5.75 Å². The smallest absolute Gasteiger partial charge is 0.303 e. The van der Waals surface area contributed by atoms with E-state index in [1.807, 2.05) is 60.7 Å². The molecule has 0 radical (unpaired) electrons. The molecule has 4 rings (SSSR count). The van der Waals surface area contributed by atoms with Gasteiger partial charge in [-0.05, 0) is 46.0 Å². The van der Waals surface area contributed by atoms with Gasteiger partial charge in [-0.15, -0.1) is 0 Å². The topological polar surface area (TPSA) is 95.9 Å². The maximum Gasteiger partial charge on any atom is 0.303 e. The van der Waals surface area contributed by atoms with Crippen LogP contribution >= 0.6 is 0 Å². The molecular weight excluding hydrogens is 442 g/mol. The molecular formula is C29H27NO5. The largest absolute Gasteiger partial charge is 0.489 e. The highest BCUT2D eigenvalue weighted by Crippen LogP contribution is 2.22. The van der Waals surface area contributed by atoms with Crippen LogP contribution in [-0.4, -0.2) is 22.1 Å². The fourth-order valence-corrected chi connectivity index (χ4v) is 4.04. The van der Waals surface area contributed by atoms with E-state index in [0.717, 1.165) is 21.9 Å². The Bertz CT molecular complexity index is 1340. The van der Waals surface area contributed by atoms with Crippen molar-refractivity contribution in [1.29, 1.82) is 0 Å². The normalized spacial score (nSPS) is 10.8. The first-order chi connectivity index (χ1) is 17.0. The monoisotopic (exact) mass is 469 g/mol. The molecule has 6 nitrogen and oxygen atoms in total. The quantitative estimate of drug-likeness (QED) is 0.308. The lowest BCUT2D eigenvalue weighted by Crippen LogP contribution is -2.24. The van der Waals surface area contributed by atoms with Crippen LogP contribution in [0.1, 0.15) is 39.0 Å². The Morgan fingerprint density at radius 1 is 0.829 bits per heavy atom. The number of carbonyl (C=O) groups excluding carboxylic acids is 1. The summed E-state index contributed by atoms with van der Waals surface area (Å²) < 4.78 is 5.88. The first-order valence-corrected chi connectivity index (χ1v) is 11.4. The Hall–Kier alpha value is -4.16. The van der Waals surface area contributed by atoms with Gasteiger partial charge >= 0.3 is 5.97 Å². The van der Waals surface area contributed by atoms with Gasteiger partial charge < -0.3 is 20.3 Å². The number of amides is 1. The molecule has 0 saturated carbocycles. The molecule has 0 heterocycles. The van der Waals surface area contributed by atoms with Gasteiger partial charge in [-0.25, -0.2) is 0 Å². The van der Waals surface area contributed by atoms with E-state index in [1.165, 1.54) is 0 Å². The van der Waals surface area contributed by atoms with Crippen molar-refractivity contribution in [2.75, 3.05) is 0 Å². The number of nitrogens with one attached hydrogen (secondary N) is 1. The molecule has 0 fully saturated rings. The number of hydrogen-bond donors (Lipinski definition) is 3. The summed E-state index contributed by atoms with van der Waals surface area (Å²) in [7, 11) is 0. The number of aliphatic carboxylic acids is 1. The van der Waals surface area contributed by atoms with E-state index in [-0.39, 0.29) is 32.0 Å². The average molecular weight is 470 g/mol. The summed E-state index contributed by atoms with van der Waals surface area (Å²) >= 11 is 0. The lowest BCUT2D eigenvalue weighted by Gasteiger charge is -2.14. The Labute approximate surface area is 203 Å². The zero-order valence-corrected chi connectivity index (χ0v) is 19.2. The van der Waals surface area contributed by atoms with Crippen LogP contribution in [0.4, 0.5) is 0 Å². The molecule has 0 spiro atoms. The number of aliphatic hydroxyl groups excluding tert-OH is 1. The third-order valence-electron chi connectivity index (χ3n) is 5.88. The van der Waals surface area contributed by atoms with Crippen molar-refractivity contribution in [3.05, 3.63) is 113 Å². The third-order valence-corrected chi connectivity index (χ3v) is 5.88. The SMILES string of the molecule is O=C(O)CCc1ccc(COc2ccccc2CO)cc1C(=O)NCc1cccc2ccccc12. The number of carboxylic acid groups (broad SMARTS) is 1. The molecule has 0 saturated heterocycles. The molecule has 0 aliphatic rings. The average Bonchev–Trinajstić information content (AvgIpc) is 2.89. The predicted octanol–water partition coefficient (Wildman–Crippen LogP) is 4.86. The predicted molar refractivity (Wildman–Crippen MR) is 134 cm³/mol. The van der Waals surface area contributed by atoms with Gasteiger partial charge in [0, 0.05) is 24.1 Å². The van der Waals surface area contributed by atoms with Crippen LogP contribution in [-0.2, 0) is 31.0 Å². The minimum atomic E-state index is -0.917. The first-order valence-electron chi connectivity index (χ1n) is 11.4. The van der Waals surface area contributed by atoms with Crippen molar-refractivity contribution >= 4 is 22.6 Å². The van der Waals surface area contributed by atoms with Crippen molar-refractivity contribution in [3.8, 4) is 5.75 Å². The van der Waals surface area contributed by atoms with Crippen LogP contribution in [0.25, 0.3) is 10.8 Å². The van der Waals surface area contributed by atoms with Gasteiger partial charge in [-0.1, -0.05) is 72.8 Å². The molecule has 1 amide bonds. The van der Waals surface area contributed by atoms with Crippen LogP contribution < -0.4 is 10.1 Å². The molecule has 0 aliphatic heterocycles. The number of carbonyl (C=O) groups is 2. The number of rotatable bonds is 10. The van der Waals surface area contributed by atoms with Gasteiger partial charge in [0.2, 0.25) is 0 Å². The van der Waals surface area contributed by atoms with E-state index in [2.05, 4.69) is 5.32 Å². The zero-order chi connectivity index (χ0) is 24.6. The van der Waals surface area contributed by atoms with Crippen LogP contribution in [0.3, 0.4) is 0 Å². The molecule has 0 unspecified atom stereocenters. The van der Waals surface area contributed by atoms with E-state index in [0.29, 0.717) is 29.0 Å². The molecule has 0 aromatic heterocycles.